The van der Waals surface area contributed by atoms with Gasteiger partial charge in [0, 0.05) is 35.6 Å². The fourth-order valence-corrected chi connectivity index (χ4v) is 3.21. The molecular weight excluding hydrogens is 393 g/mol. The number of benzene rings is 1. The van der Waals surface area contributed by atoms with Gasteiger partial charge in [0.15, 0.2) is 0 Å². The van der Waals surface area contributed by atoms with Crippen molar-refractivity contribution >= 4 is 43.9 Å². The number of hydrogen-bond donors (Lipinski definition) is 0. The second kappa shape index (κ2) is 7.58. The molecule has 0 aliphatic rings. The first-order valence-electron chi connectivity index (χ1n) is 7.89. The van der Waals surface area contributed by atoms with Crippen LogP contribution in [0.15, 0.2) is 48.9 Å². The van der Waals surface area contributed by atoms with Gasteiger partial charge in [0.05, 0.1) is 28.7 Å². The van der Waals surface area contributed by atoms with Crippen molar-refractivity contribution in [2.75, 3.05) is 23.5 Å². The van der Waals surface area contributed by atoms with Crippen LogP contribution < -0.4 is 4.90 Å². The fourth-order valence-electron chi connectivity index (χ4n) is 2.53. The van der Waals surface area contributed by atoms with E-state index in [0.29, 0.717) is 10.9 Å². The van der Waals surface area contributed by atoms with Crippen LogP contribution in [0.3, 0.4) is 0 Å². The van der Waals surface area contributed by atoms with Crippen molar-refractivity contribution in [1.82, 2.24) is 9.97 Å². The van der Waals surface area contributed by atoms with Crippen LogP contribution in [0.2, 0.25) is 5.02 Å². The molecule has 0 unspecified atom stereocenters. The molecule has 3 aromatic rings. The highest BCUT2D eigenvalue weighted by Gasteiger charge is 2.23. The van der Waals surface area contributed by atoms with Crippen molar-refractivity contribution in [2.24, 2.45) is 0 Å². The van der Waals surface area contributed by atoms with Crippen LogP contribution in [0.1, 0.15) is 10.4 Å². The number of sulfone groups is 1. The van der Waals surface area contributed by atoms with Crippen LogP contribution in [-0.4, -0.2) is 42.8 Å². The molecule has 0 atom stereocenters. The molecule has 0 fully saturated rings. The lowest BCUT2D eigenvalue weighted by molar-refractivity contribution is 0.0987. The Hall–Kier alpha value is -2.58. The zero-order chi connectivity index (χ0) is 19.6. The second-order valence-electron chi connectivity index (χ2n) is 5.97. The van der Waals surface area contributed by atoms with E-state index in [0.717, 1.165) is 17.2 Å². The molecule has 6 nitrogen and oxygen atoms in total. The number of halogens is 2. The summed E-state index contributed by atoms with van der Waals surface area (Å²) in [5, 5.41) is 0.863. The third-order valence-corrected chi connectivity index (χ3v) is 5.02. The molecule has 0 N–H and O–H groups in total. The molecule has 27 heavy (non-hydrogen) atoms. The standard InChI is InChI=1S/C18H15ClFN3O3S/c1-27(25,26)7-6-23(17-3-2-14(19)9-15(17)20)18(24)13-8-12-4-5-21-11-16(12)22-10-13/h2-5,8-11H,6-7H2,1H3. The largest absolute Gasteiger partial charge is 0.304 e. The van der Waals surface area contributed by atoms with Crippen molar-refractivity contribution in [3.63, 3.8) is 0 Å². The quantitative estimate of drug-likeness (QED) is 0.649. The minimum atomic E-state index is -3.36. The SMILES string of the molecule is CS(=O)(=O)CCN(C(=O)c1cnc2cnccc2c1)c1ccc(Cl)cc1F. The van der Waals surface area contributed by atoms with Gasteiger partial charge in [-0.2, -0.15) is 0 Å². The average molecular weight is 408 g/mol. The molecule has 0 aliphatic heterocycles. The number of rotatable bonds is 5. The monoisotopic (exact) mass is 407 g/mol. The van der Waals surface area contributed by atoms with Crippen molar-refractivity contribution in [1.29, 1.82) is 0 Å². The molecule has 2 aromatic heterocycles. The second-order valence-corrected chi connectivity index (χ2v) is 8.67. The predicted molar refractivity (Wildman–Crippen MR) is 102 cm³/mol. The Morgan fingerprint density at radius 3 is 2.70 bits per heavy atom. The molecule has 1 aromatic carbocycles. The maximum absolute atomic E-state index is 14.4. The highest BCUT2D eigenvalue weighted by atomic mass is 35.5. The highest BCUT2D eigenvalue weighted by molar-refractivity contribution is 7.90. The van der Waals surface area contributed by atoms with Gasteiger partial charge in [-0.1, -0.05) is 11.6 Å². The third kappa shape index (κ3) is 4.58. The molecule has 0 saturated carbocycles. The van der Waals surface area contributed by atoms with Gasteiger partial charge in [0.2, 0.25) is 0 Å². The van der Waals surface area contributed by atoms with Gasteiger partial charge in [-0.3, -0.25) is 14.8 Å². The molecule has 0 bridgehead atoms. The number of carbonyl (C=O) groups is 1. The lowest BCUT2D eigenvalue weighted by Crippen LogP contribution is -2.35. The molecule has 0 radical (unpaired) electrons. The van der Waals surface area contributed by atoms with E-state index in [2.05, 4.69) is 9.97 Å². The minimum absolute atomic E-state index is 0.0529. The van der Waals surface area contributed by atoms with Crippen molar-refractivity contribution in [2.45, 2.75) is 0 Å². The summed E-state index contributed by atoms with van der Waals surface area (Å²) in [5.41, 5.74) is 0.758. The first-order valence-corrected chi connectivity index (χ1v) is 10.3. The number of pyridine rings is 2. The Labute approximate surface area is 160 Å². The summed E-state index contributed by atoms with van der Waals surface area (Å²) in [5.74, 6) is -1.60. The van der Waals surface area contributed by atoms with Crippen LogP contribution in [-0.2, 0) is 9.84 Å². The Morgan fingerprint density at radius 2 is 2.00 bits per heavy atom. The number of fused-ring (bicyclic) bond motifs is 1. The van der Waals surface area contributed by atoms with Gasteiger partial charge in [0.1, 0.15) is 15.7 Å². The number of aromatic nitrogens is 2. The van der Waals surface area contributed by atoms with Crippen LogP contribution in [0.4, 0.5) is 10.1 Å². The lowest BCUT2D eigenvalue weighted by Gasteiger charge is -2.23. The number of carbonyl (C=O) groups excluding carboxylic acids is 1. The fraction of sp³-hybridized carbons (Fsp3) is 0.167. The van der Waals surface area contributed by atoms with E-state index in [1.165, 1.54) is 18.3 Å². The Morgan fingerprint density at radius 1 is 1.22 bits per heavy atom. The lowest BCUT2D eigenvalue weighted by atomic mass is 10.1. The summed E-state index contributed by atoms with van der Waals surface area (Å²) in [6.07, 6.45) is 5.54. The van der Waals surface area contributed by atoms with E-state index >= 15 is 0 Å². The number of anilines is 1. The first kappa shape index (κ1) is 19.2. The van der Waals surface area contributed by atoms with E-state index < -0.39 is 21.6 Å². The van der Waals surface area contributed by atoms with Crippen LogP contribution >= 0.6 is 11.6 Å². The molecule has 2 heterocycles. The summed E-state index contributed by atoms with van der Waals surface area (Å²) < 4.78 is 37.5. The number of hydrogen-bond acceptors (Lipinski definition) is 5. The van der Waals surface area contributed by atoms with Crippen molar-refractivity contribution < 1.29 is 17.6 Å². The maximum atomic E-state index is 14.4. The van der Waals surface area contributed by atoms with Gasteiger partial charge in [-0.25, -0.2) is 12.8 Å². The molecule has 1 amide bonds. The van der Waals surface area contributed by atoms with Gasteiger partial charge in [-0.05, 0) is 30.3 Å². The smallest absolute Gasteiger partial charge is 0.259 e. The van der Waals surface area contributed by atoms with E-state index in [-0.39, 0.29) is 28.6 Å². The van der Waals surface area contributed by atoms with Gasteiger partial charge < -0.3 is 4.90 Å². The van der Waals surface area contributed by atoms with E-state index in [4.69, 9.17) is 11.6 Å². The van der Waals surface area contributed by atoms with Gasteiger partial charge in [0.25, 0.3) is 5.91 Å². The maximum Gasteiger partial charge on any atom is 0.259 e. The Bertz CT molecular complexity index is 1120. The molecule has 0 aliphatic carbocycles. The first-order chi connectivity index (χ1) is 12.7. The zero-order valence-corrected chi connectivity index (χ0v) is 15.8. The average Bonchev–Trinajstić information content (AvgIpc) is 2.61. The number of nitrogens with zero attached hydrogens (tertiary/aromatic N) is 3. The summed E-state index contributed by atoms with van der Waals surface area (Å²) in [6, 6.07) is 7.15. The molecule has 3 rings (SSSR count). The minimum Gasteiger partial charge on any atom is -0.304 e. The number of amides is 1. The summed E-state index contributed by atoms with van der Waals surface area (Å²) in [6.45, 7) is -0.204. The van der Waals surface area contributed by atoms with E-state index in [1.54, 1.807) is 24.5 Å². The van der Waals surface area contributed by atoms with Gasteiger partial charge >= 0.3 is 0 Å². The van der Waals surface area contributed by atoms with E-state index in [1.807, 2.05) is 0 Å². The highest BCUT2D eigenvalue weighted by Crippen LogP contribution is 2.25. The van der Waals surface area contributed by atoms with Gasteiger partial charge in [-0.15, -0.1) is 0 Å². The molecule has 140 valence electrons. The molecule has 0 spiro atoms. The summed E-state index contributed by atoms with van der Waals surface area (Å²) >= 11 is 5.78. The third-order valence-electron chi connectivity index (χ3n) is 3.86. The molecule has 9 heteroatoms. The van der Waals surface area contributed by atoms with E-state index in [9.17, 15) is 17.6 Å². The summed E-state index contributed by atoms with van der Waals surface area (Å²) in [4.78, 5) is 22.2. The summed E-state index contributed by atoms with van der Waals surface area (Å²) in [7, 11) is -3.36. The molecular formula is C18H15ClFN3O3S. The normalized spacial score (nSPS) is 11.5. The van der Waals surface area contributed by atoms with Crippen molar-refractivity contribution in [3.05, 3.63) is 65.3 Å². The van der Waals surface area contributed by atoms with Crippen LogP contribution in [0.5, 0.6) is 0 Å². The van der Waals surface area contributed by atoms with Crippen molar-refractivity contribution in [3.8, 4) is 0 Å². The zero-order valence-electron chi connectivity index (χ0n) is 14.3. The van der Waals surface area contributed by atoms with Crippen LogP contribution in [0, 0.1) is 5.82 Å². The van der Waals surface area contributed by atoms with Crippen LogP contribution in [0.25, 0.3) is 10.9 Å². The predicted octanol–water partition coefficient (Wildman–Crippen LogP) is 3.11. The topological polar surface area (TPSA) is 80.2 Å². The Balaban J connectivity index is 2.03. The molecule has 0 saturated heterocycles. The Kier molecular flexibility index (Phi) is 5.38.